The van der Waals surface area contributed by atoms with Crippen molar-refractivity contribution in [1.29, 1.82) is 0 Å². The SMILES string of the molecule is C[C@]1(c2ccco2)NC(=O)N(Cc2cccc(S(=O)(=O)N3CCOCC3)c2)C1=O. The number of ether oxygens (including phenoxy) is 1. The number of sulfonamides is 1. The molecule has 1 aromatic carbocycles. The highest BCUT2D eigenvalue weighted by atomic mass is 32.2. The van der Waals surface area contributed by atoms with Gasteiger partial charge in [-0.1, -0.05) is 12.1 Å². The molecule has 3 amide bonds. The number of furan rings is 1. The summed E-state index contributed by atoms with van der Waals surface area (Å²) in [7, 11) is -3.67. The van der Waals surface area contributed by atoms with Crippen LogP contribution >= 0.6 is 0 Å². The van der Waals surface area contributed by atoms with Crippen LogP contribution in [-0.2, 0) is 31.6 Å². The van der Waals surface area contributed by atoms with Gasteiger partial charge in [-0.25, -0.2) is 13.2 Å². The second kappa shape index (κ2) is 7.29. The number of hydrogen-bond acceptors (Lipinski definition) is 6. The molecule has 0 spiro atoms. The number of nitrogens with zero attached hydrogens (tertiary/aromatic N) is 2. The van der Waals surface area contributed by atoms with Gasteiger partial charge in [0.1, 0.15) is 5.76 Å². The molecule has 1 N–H and O–H groups in total. The molecule has 2 aliphatic rings. The quantitative estimate of drug-likeness (QED) is 0.731. The number of nitrogens with one attached hydrogen (secondary N) is 1. The Morgan fingerprint density at radius 1 is 1.14 bits per heavy atom. The minimum absolute atomic E-state index is 0.0482. The van der Waals surface area contributed by atoms with Crippen molar-refractivity contribution in [3.8, 4) is 0 Å². The molecule has 4 rings (SSSR count). The second-order valence-corrected chi connectivity index (χ2v) is 9.03. The zero-order valence-electron chi connectivity index (χ0n) is 15.8. The first-order valence-electron chi connectivity index (χ1n) is 9.17. The van der Waals surface area contributed by atoms with Crippen LogP contribution in [0.1, 0.15) is 18.2 Å². The molecule has 29 heavy (non-hydrogen) atoms. The number of morpholine rings is 1. The zero-order valence-corrected chi connectivity index (χ0v) is 16.6. The van der Waals surface area contributed by atoms with Gasteiger partial charge < -0.3 is 14.5 Å². The predicted molar refractivity (Wildman–Crippen MR) is 101 cm³/mol. The summed E-state index contributed by atoms with van der Waals surface area (Å²) in [6.07, 6.45) is 1.43. The van der Waals surface area contributed by atoms with E-state index >= 15 is 0 Å². The fraction of sp³-hybridized carbons (Fsp3) is 0.368. The number of carbonyl (C=O) groups excluding carboxylic acids is 2. The van der Waals surface area contributed by atoms with Crippen molar-refractivity contribution in [2.75, 3.05) is 26.3 Å². The van der Waals surface area contributed by atoms with Crippen molar-refractivity contribution in [3.63, 3.8) is 0 Å². The smallest absolute Gasteiger partial charge is 0.325 e. The zero-order chi connectivity index (χ0) is 20.6. The van der Waals surface area contributed by atoms with Gasteiger partial charge in [-0.2, -0.15) is 4.31 Å². The lowest BCUT2D eigenvalue weighted by Gasteiger charge is -2.26. The van der Waals surface area contributed by atoms with Gasteiger partial charge in [0.15, 0.2) is 5.54 Å². The van der Waals surface area contributed by atoms with Crippen LogP contribution in [0.2, 0.25) is 0 Å². The Morgan fingerprint density at radius 3 is 2.59 bits per heavy atom. The average molecular weight is 419 g/mol. The van der Waals surface area contributed by atoms with Gasteiger partial charge >= 0.3 is 6.03 Å². The van der Waals surface area contributed by atoms with E-state index in [1.165, 1.54) is 22.7 Å². The monoisotopic (exact) mass is 419 g/mol. The molecule has 0 radical (unpaired) electrons. The van der Waals surface area contributed by atoms with Crippen molar-refractivity contribution in [2.45, 2.75) is 23.9 Å². The maximum absolute atomic E-state index is 12.9. The third-order valence-electron chi connectivity index (χ3n) is 5.14. The van der Waals surface area contributed by atoms with Crippen molar-refractivity contribution in [3.05, 3.63) is 54.0 Å². The Labute approximate surface area is 168 Å². The molecule has 0 saturated carbocycles. The fourth-order valence-corrected chi connectivity index (χ4v) is 4.97. The van der Waals surface area contributed by atoms with E-state index in [1.807, 2.05) is 0 Å². The number of imide groups is 1. The van der Waals surface area contributed by atoms with Gasteiger partial charge in [0.05, 0.1) is 30.9 Å². The van der Waals surface area contributed by atoms with E-state index in [1.54, 1.807) is 31.2 Å². The van der Waals surface area contributed by atoms with Crippen LogP contribution in [-0.4, -0.2) is 55.9 Å². The minimum atomic E-state index is -3.67. The molecule has 1 aromatic heterocycles. The number of urea groups is 1. The van der Waals surface area contributed by atoms with E-state index in [0.717, 1.165) is 4.90 Å². The van der Waals surface area contributed by atoms with E-state index in [0.29, 0.717) is 37.6 Å². The normalized spacial score (nSPS) is 23.4. The molecule has 1 atom stereocenters. The van der Waals surface area contributed by atoms with Gasteiger partial charge in [0.2, 0.25) is 10.0 Å². The third kappa shape index (κ3) is 3.43. The summed E-state index contributed by atoms with van der Waals surface area (Å²) in [6.45, 7) is 2.82. The number of rotatable bonds is 5. The van der Waals surface area contributed by atoms with Gasteiger partial charge in [-0.15, -0.1) is 0 Å². The number of amides is 3. The second-order valence-electron chi connectivity index (χ2n) is 7.09. The van der Waals surface area contributed by atoms with Crippen molar-refractivity contribution in [2.24, 2.45) is 0 Å². The molecular weight excluding hydrogens is 398 g/mol. The molecule has 0 unspecified atom stereocenters. The van der Waals surface area contributed by atoms with Crippen LogP contribution in [0.25, 0.3) is 0 Å². The highest BCUT2D eigenvalue weighted by molar-refractivity contribution is 7.89. The van der Waals surface area contributed by atoms with Crippen LogP contribution in [0.3, 0.4) is 0 Å². The Bertz CT molecular complexity index is 1030. The van der Waals surface area contributed by atoms with Crippen LogP contribution in [0.15, 0.2) is 52.0 Å². The van der Waals surface area contributed by atoms with E-state index in [-0.39, 0.29) is 11.4 Å². The van der Waals surface area contributed by atoms with Crippen molar-refractivity contribution in [1.82, 2.24) is 14.5 Å². The predicted octanol–water partition coefficient (Wildman–Crippen LogP) is 1.27. The largest absolute Gasteiger partial charge is 0.466 e. The van der Waals surface area contributed by atoms with Gasteiger partial charge in [0.25, 0.3) is 5.91 Å². The van der Waals surface area contributed by atoms with Crippen LogP contribution in [0, 0.1) is 0 Å². The standard InChI is InChI=1S/C19H21N3O6S/c1-19(16-6-3-9-28-16)17(23)22(18(24)20-19)13-14-4-2-5-15(12-14)29(25,26)21-7-10-27-11-8-21/h2-6,9,12H,7-8,10-11,13H2,1H3,(H,20,24)/t19-/m1/s1. The van der Waals surface area contributed by atoms with Crippen molar-refractivity contribution < 1.29 is 27.2 Å². The number of hydrogen-bond donors (Lipinski definition) is 1. The van der Waals surface area contributed by atoms with E-state index in [2.05, 4.69) is 5.32 Å². The Kier molecular flexibility index (Phi) is 4.93. The first-order chi connectivity index (χ1) is 13.8. The molecule has 0 aliphatic carbocycles. The topological polar surface area (TPSA) is 109 Å². The molecule has 2 fully saturated rings. The first-order valence-corrected chi connectivity index (χ1v) is 10.6. The molecule has 2 saturated heterocycles. The molecule has 2 aliphatic heterocycles. The van der Waals surface area contributed by atoms with E-state index in [9.17, 15) is 18.0 Å². The summed E-state index contributed by atoms with van der Waals surface area (Å²) in [5.41, 5.74) is -0.760. The summed E-state index contributed by atoms with van der Waals surface area (Å²) in [5.74, 6) is -0.124. The molecule has 154 valence electrons. The average Bonchev–Trinajstić information content (AvgIpc) is 3.34. The first kappa shape index (κ1) is 19.6. The summed E-state index contributed by atoms with van der Waals surface area (Å²) in [4.78, 5) is 26.5. The molecule has 10 heteroatoms. The third-order valence-corrected chi connectivity index (χ3v) is 7.03. The summed E-state index contributed by atoms with van der Waals surface area (Å²) in [5, 5.41) is 2.65. The molecule has 0 bridgehead atoms. The highest BCUT2D eigenvalue weighted by Gasteiger charge is 2.50. The van der Waals surface area contributed by atoms with Gasteiger partial charge in [-0.05, 0) is 36.8 Å². The van der Waals surface area contributed by atoms with Crippen molar-refractivity contribution >= 4 is 22.0 Å². The van der Waals surface area contributed by atoms with E-state index < -0.39 is 27.5 Å². The van der Waals surface area contributed by atoms with E-state index in [4.69, 9.17) is 9.15 Å². The summed E-state index contributed by atoms with van der Waals surface area (Å²) < 4.78 is 37.6. The molecule has 3 heterocycles. The summed E-state index contributed by atoms with van der Waals surface area (Å²) in [6, 6.07) is 8.99. The molecule has 2 aromatic rings. The number of benzene rings is 1. The lowest BCUT2D eigenvalue weighted by atomic mass is 9.99. The Balaban J connectivity index is 1.57. The fourth-order valence-electron chi connectivity index (χ4n) is 3.49. The maximum atomic E-state index is 12.9. The Morgan fingerprint density at radius 2 is 1.90 bits per heavy atom. The molecule has 9 nitrogen and oxygen atoms in total. The number of carbonyl (C=O) groups is 2. The minimum Gasteiger partial charge on any atom is -0.466 e. The molecular formula is C19H21N3O6S. The lowest BCUT2D eigenvalue weighted by Crippen LogP contribution is -2.40. The van der Waals surface area contributed by atoms with Crippen LogP contribution in [0.4, 0.5) is 4.79 Å². The van der Waals surface area contributed by atoms with Gasteiger partial charge in [0, 0.05) is 13.1 Å². The Hall–Kier alpha value is -2.69. The van der Waals surface area contributed by atoms with Gasteiger partial charge in [-0.3, -0.25) is 9.69 Å². The van der Waals surface area contributed by atoms with Crippen LogP contribution in [0.5, 0.6) is 0 Å². The maximum Gasteiger partial charge on any atom is 0.325 e. The van der Waals surface area contributed by atoms with Crippen LogP contribution < -0.4 is 5.32 Å². The highest BCUT2D eigenvalue weighted by Crippen LogP contribution is 2.30. The lowest BCUT2D eigenvalue weighted by molar-refractivity contribution is -0.132. The summed E-state index contributed by atoms with van der Waals surface area (Å²) >= 11 is 0.